The minimum Gasteiger partial charge on any atom is -0.340 e. The third kappa shape index (κ3) is 3.56. The minimum absolute atomic E-state index is 0.271. The molecule has 0 aliphatic carbocycles. The van der Waals surface area contributed by atoms with Crippen LogP contribution in [0.2, 0.25) is 0 Å². The van der Waals surface area contributed by atoms with E-state index >= 15 is 0 Å². The number of aromatic nitrogens is 4. The summed E-state index contributed by atoms with van der Waals surface area (Å²) in [4.78, 5) is 19.9. The number of imidazole rings is 1. The molecule has 4 rings (SSSR count). The molecule has 27 heavy (non-hydrogen) atoms. The molecule has 0 amide bonds. The number of aromatic amines is 1. The van der Waals surface area contributed by atoms with E-state index in [-0.39, 0.29) is 5.82 Å². The Balaban J connectivity index is 1.66. The lowest BCUT2D eigenvalue weighted by atomic mass is 10.2. The number of pyridine rings is 2. The molecule has 0 unspecified atom stereocenters. The Labute approximate surface area is 155 Å². The van der Waals surface area contributed by atoms with E-state index in [9.17, 15) is 8.42 Å². The van der Waals surface area contributed by atoms with Crippen LogP contribution in [0.1, 0.15) is 11.4 Å². The van der Waals surface area contributed by atoms with Crippen molar-refractivity contribution in [1.82, 2.24) is 19.9 Å². The van der Waals surface area contributed by atoms with Crippen molar-refractivity contribution >= 4 is 43.5 Å². The highest BCUT2D eigenvalue weighted by molar-refractivity contribution is 7.92. The zero-order valence-electron chi connectivity index (χ0n) is 14.3. The van der Waals surface area contributed by atoms with E-state index in [1.165, 1.54) is 0 Å². The molecule has 0 saturated carbocycles. The summed E-state index contributed by atoms with van der Waals surface area (Å²) in [6.07, 6.45) is 4.91. The topological polar surface area (TPSA) is 105 Å². The van der Waals surface area contributed by atoms with Gasteiger partial charge in [-0.05, 0) is 23.8 Å². The molecule has 3 heterocycles. The van der Waals surface area contributed by atoms with Crippen LogP contribution in [0.3, 0.4) is 0 Å². The maximum absolute atomic E-state index is 11.2. The number of nitrogens with zero attached hydrogens (tertiary/aromatic N) is 4. The zero-order valence-corrected chi connectivity index (χ0v) is 15.1. The molecule has 8 nitrogen and oxygen atoms in total. The number of hydrogen-bond acceptors (Lipinski definition) is 5. The van der Waals surface area contributed by atoms with Crippen LogP contribution in [-0.4, -0.2) is 34.6 Å². The molecule has 0 atom stereocenters. The smallest absolute Gasteiger partial charge is 0.230 e. The first-order valence-corrected chi connectivity index (χ1v) is 9.88. The third-order valence-electron chi connectivity index (χ3n) is 3.96. The standard InChI is InChI=1S/C18H14N6O2S/c1-19-12-4-5-14-13(8-12)18-15(10-20-14)22-17(23-18)7-11-3-6-16(21-9-11)24-27(2,25)26/h3-6,8-10H,7H2,2H3,(H,21,24)(H,22,23). The zero-order chi connectivity index (χ0) is 19.0. The Morgan fingerprint density at radius 1 is 1.19 bits per heavy atom. The maximum atomic E-state index is 11.2. The first kappa shape index (κ1) is 16.9. The largest absolute Gasteiger partial charge is 0.340 e. The molecular formula is C18H14N6O2S. The van der Waals surface area contributed by atoms with Crippen LogP contribution in [0, 0.1) is 6.57 Å². The van der Waals surface area contributed by atoms with Gasteiger partial charge in [0, 0.05) is 18.0 Å². The van der Waals surface area contributed by atoms with Gasteiger partial charge in [-0.1, -0.05) is 12.1 Å². The predicted molar refractivity (Wildman–Crippen MR) is 103 cm³/mol. The lowest BCUT2D eigenvalue weighted by Crippen LogP contribution is -2.10. The van der Waals surface area contributed by atoms with Gasteiger partial charge in [0.2, 0.25) is 10.0 Å². The molecule has 0 bridgehead atoms. The average Bonchev–Trinajstić information content (AvgIpc) is 3.04. The fourth-order valence-corrected chi connectivity index (χ4v) is 3.32. The molecule has 134 valence electrons. The van der Waals surface area contributed by atoms with Crippen molar-refractivity contribution in [3.05, 3.63) is 65.5 Å². The fraction of sp³-hybridized carbons (Fsp3) is 0.111. The van der Waals surface area contributed by atoms with E-state index in [1.807, 2.05) is 6.07 Å². The summed E-state index contributed by atoms with van der Waals surface area (Å²) in [5.41, 5.74) is 3.77. The van der Waals surface area contributed by atoms with Crippen LogP contribution < -0.4 is 4.72 Å². The van der Waals surface area contributed by atoms with E-state index in [4.69, 9.17) is 6.57 Å². The molecule has 2 N–H and O–H groups in total. The second kappa shape index (κ2) is 6.34. The minimum atomic E-state index is -3.35. The summed E-state index contributed by atoms with van der Waals surface area (Å²) in [6, 6.07) is 8.74. The number of H-pyrrole nitrogens is 1. The summed E-state index contributed by atoms with van der Waals surface area (Å²) in [7, 11) is -3.35. The summed E-state index contributed by atoms with van der Waals surface area (Å²) in [5, 5.41) is 0.828. The Hall–Kier alpha value is -3.51. The second-order valence-corrected chi connectivity index (χ2v) is 7.87. The van der Waals surface area contributed by atoms with Gasteiger partial charge >= 0.3 is 0 Å². The van der Waals surface area contributed by atoms with Crippen LogP contribution in [0.15, 0.2) is 42.7 Å². The van der Waals surface area contributed by atoms with Crippen LogP contribution in [-0.2, 0) is 16.4 Å². The molecule has 4 aromatic rings. The average molecular weight is 378 g/mol. The van der Waals surface area contributed by atoms with Gasteiger partial charge in [0.25, 0.3) is 0 Å². The summed E-state index contributed by atoms with van der Waals surface area (Å²) < 4.78 is 24.8. The molecule has 0 spiro atoms. The molecule has 0 fully saturated rings. The van der Waals surface area contributed by atoms with E-state index in [0.717, 1.165) is 39.6 Å². The first-order valence-electron chi connectivity index (χ1n) is 7.99. The highest BCUT2D eigenvalue weighted by Gasteiger charge is 2.10. The Morgan fingerprint density at radius 2 is 2.04 bits per heavy atom. The van der Waals surface area contributed by atoms with Gasteiger partial charge in [-0.15, -0.1) is 0 Å². The van der Waals surface area contributed by atoms with E-state index in [0.29, 0.717) is 12.1 Å². The van der Waals surface area contributed by atoms with Crippen molar-refractivity contribution in [2.45, 2.75) is 6.42 Å². The van der Waals surface area contributed by atoms with Crippen molar-refractivity contribution in [2.75, 3.05) is 11.0 Å². The van der Waals surface area contributed by atoms with Gasteiger partial charge in [0.15, 0.2) is 5.69 Å². The van der Waals surface area contributed by atoms with Gasteiger partial charge in [0.1, 0.15) is 11.6 Å². The summed E-state index contributed by atoms with van der Waals surface area (Å²) in [6.45, 7) is 7.18. The number of fused-ring (bicyclic) bond motifs is 3. The number of sulfonamides is 1. The van der Waals surface area contributed by atoms with Crippen LogP contribution in [0.4, 0.5) is 11.5 Å². The predicted octanol–water partition coefficient (Wildman–Crippen LogP) is 3.02. The van der Waals surface area contributed by atoms with Gasteiger partial charge in [-0.2, -0.15) is 0 Å². The molecular weight excluding hydrogens is 364 g/mol. The summed E-state index contributed by atoms with van der Waals surface area (Å²) >= 11 is 0. The Kier molecular flexibility index (Phi) is 3.97. The van der Waals surface area contributed by atoms with Crippen LogP contribution in [0.5, 0.6) is 0 Å². The normalized spacial score (nSPS) is 11.6. The summed E-state index contributed by atoms with van der Waals surface area (Å²) in [5.74, 6) is 1.01. The lowest BCUT2D eigenvalue weighted by Gasteiger charge is -2.03. The van der Waals surface area contributed by atoms with E-state index < -0.39 is 10.0 Å². The molecule has 0 radical (unpaired) electrons. The molecule has 9 heteroatoms. The van der Waals surface area contributed by atoms with Gasteiger partial charge in [-0.3, -0.25) is 9.71 Å². The van der Waals surface area contributed by atoms with Crippen molar-refractivity contribution in [3.63, 3.8) is 0 Å². The van der Waals surface area contributed by atoms with Gasteiger partial charge < -0.3 is 4.98 Å². The van der Waals surface area contributed by atoms with Gasteiger partial charge in [0.05, 0.1) is 35.6 Å². The molecule has 0 aliphatic rings. The van der Waals surface area contributed by atoms with Crippen molar-refractivity contribution in [1.29, 1.82) is 0 Å². The second-order valence-electron chi connectivity index (χ2n) is 6.12. The molecule has 3 aromatic heterocycles. The number of anilines is 1. The Morgan fingerprint density at radius 3 is 2.74 bits per heavy atom. The molecule has 0 aliphatic heterocycles. The van der Waals surface area contributed by atoms with Crippen LogP contribution >= 0.6 is 0 Å². The highest BCUT2D eigenvalue weighted by Crippen LogP contribution is 2.26. The SMILES string of the molecule is [C-]#[N+]c1ccc2ncc3[nH]c(Cc4ccc(NS(C)(=O)=O)nc4)nc3c2c1. The van der Waals surface area contributed by atoms with Crippen molar-refractivity contribution in [2.24, 2.45) is 0 Å². The first-order chi connectivity index (χ1) is 12.9. The van der Waals surface area contributed by atoms with Crippen LogP contribution in [0.25, 0.3) is 26.8 Å². The third-order valence-corrected chi connectivity index (χ3v) is 4.54. The maximum Gasteiger partial charge on any atom is 0.230 e. The van der Waals surface area contributed by atoms with Crippen molar-refractivity contribution < 1.29 is 8.42 Å². The quantitative estimate of drug-likeness (QED) is 0.531. The fourth-order valence-electron chi connectivity index (χ4n) is 2.82. The molecule has 1 aromatic carbocycles. The number of benzene rings is 1. The lowest BCUT2D eigenvalue weighted by molar-refractivity contribution is 0.606. The Bertz CT molecular complexity index is 1300. The van der Waals surface area contributed by atoms with Gasteiger partial charge in [-0.25, -0.2) is 23.2 Å². The number of hydrogen-bond donors (Lipinski definition) is 2. The van der Waals surface area contributed by atoms with E-state index in [1.54, 1.807) is 36.7 Å². The molecule has 0 saturated heterocycles. The highest BCUT2D eigenvalue weighted by atomic mass is 32.2. The number of nitrogens with one attached hydrogen (secondary N) is 2. The van der Waals surface area contributed by atoms with Crippen molar-refractivity contribution in [3.8, 4) is 0 Å². The number of rotatable bonds is 4. The monoisotopic (exact) mass is 378 g/mol. The van der Waals surface area contributed by atoms with E-state index in [2.05, 4.69) is 29.5 Å².